The van der Waals surface area contributed by atoms with Crippen LogP contribution >= 0.6 is 11.3 Å². The summed E-state index contributed by atoms with van der Waals surface area (Å²) >= 11 is 1.94. The highest BCUT2D eigenvalue weighted by atomic mass is 32.1. The summed E-state index contributed by atoms with van der Waals surface area (Å²) in [7, 11) is 2.22. The molecule has 3 fully saturated rings. The van der Waals surface area contributed by atoms with Gasteiger partial charge in [0.25, 0.3) is 0 Å². The first-order valence-corrected chi connectivity index (χ1v) is 16.0. The van der Waals surface area contributed by atoms with E-state index < -0.39 is 5.97 Å². The summed E-state index contributed by atoms with van der Waals surface area (Å²) < 4.78 is 13.3. The van der Waals surface area contributed by atoms with E-state index in [1.165, 1.54) is 61.1 Å². The summed E-state index contributed by atoms with van der Waals surface area (Å²) in [6.07, 6.45) is 12.3. The number of aryl methyl sites for hydroxylation is 1. The van der Waals surface area contributed by atoms with Crippen LogP contribution in [-0.2, 0) is 17.6 Å². The second kappa shape index (κ2) is 14.0. The zero-order valence-electron chi connectivity index (χ0n) is 24.3. The Bertz CT molecular complexity index is 1270. The summed E-state index contributed by atoms with van der Waals surface area (Å²) in [5, 5.41) is 10.7. The normalized spacial score (nSPS) is 20.9. The van der Waals surface area contributed by atoms with Gasteiger partial charge in [0.1, 0.15) is 11.9 Å². The number of hydrogen-bond acceptors (Lipinski definition) is 6. The number of hydrogen-bond donors (Lipinski definition) is 1. The van der Waals surface area contributed by atoms with Gasteiger partial charge >= 0.3 is 5.97 Å². The van der Waals surface area contributed by atoms with Gasteiger partial charge < -0.3 is 10.0 Å². The highest BCUT2D eigenvalue weighted by Crippen LogP contribution is 2.37. The molecule has 1 N–H and O–H groups in total. The number of carboxylic acids is 1. The molecule has 220 valence electrons. The molecule has 41 heavy (non-hydrogen) atoms. The lowest BCUT2D eigenvalue weighted by Gasteiger charge is -2.28. The Labute approximate surface area is 247 Å². The average molecular weight is 579 g/mol. The van der Waals surface area contributed by atoms with E-state index in [1.54, 1.807) is 17.0 Å². The van der Waals surface area contributed by atoms with E-state index in [9.17, 15) is 14.3 Å². The maximum atomic E-state index is 13.3. The number of aliphatic carboxylic acids is 1. The second-order valence-corrected chi connectivity index (χ2v) is 13.1. The summed E-state index contributed by atoms with van der Waals surface area (Å²) in [4.78, 5) is 26.5. The predicted octanol–water partition coefficient (Wildman–Crippen LogP) is 6.37. The first-order valence-electron chi connectivity index (χ1n) is 15.2. The minimum atomic E-state index is -0.711. The maximum Gasteiger partial charge on any atom is 0.320 e. The third-order valence-corrected chi connectivity index (χ3v) is 10.1. The van der Waals surface area contributed by atoms with E-state index in [4.69, 9.17) is 4.98 Å². The van der Waals surface area contributed by atoms with Gasteiger partial charge in [0.05, 0.1) is 10.7 Å². The molecule has 6 rings (SSSR count). The Hall–Kier alpha value is -2.68. The fraction of sp³-hybridized carbons (Fsp3) is 0.545. The Balaban J connectivity index is 0.000000165. The summed E-state index contributed by atoms with van der Waals surface area (Å²) in [5.74, 6) is 0.654. The van der Waals surface area contributed by atoms with Crippen molar-refractivity contribution in [3.8, 4) is 0 Å². The topological polar surface area (TPSA) is 69.6 Å². The molecule has 0 bridgehead atoms. The molecule has 2 atom stereocenters. The second-order valence-electron chi connectivity index (χ2n) is 12.0. The smallest absolute Gasteiger partial charge is 0.320 e. The van der Waals surface area contributed by atoms with E-state index >= 15 is 0 Å². The number of nitrogens with zero attached hydrogens (tertiary/aromatic N) is 4. The predicted molar refractivity (Wildman–Crippen MR) is 162 cm³/mol. The van der Waals surface area contributed by atoms with Crippen molar-refractivity contribution in [1.82, 2.24) is 19.8 Å². The molecule has 2 aliphatic heterocycles. The van der Waals surface area contributed by atoms with Crippen molar-refractivity contribution >= 4 is 17.3 Å². The minimum absolute atomic E-state index is 0.214. The van der Waals surface area contributed by atoms with Crippen molar-refractivity contribution < 1.29 is 14.3 Å². The number of thiazole rings is 1. The fourth-order valence-corrected chi connectivity index (χ4v) is 7.55. The monoisotopic (exact) mass is 578 g/mol. The number of rotatable bonds is 9. The molecular weight excluding hydrogens is 535 g/mol. The van der Waals surface area contributed by atoms with Gasteiger partial charge in [0, 0.05) is 30.2 Å². The van der Waals surface area contributed by atoms with Gasteiger partial charge in [-0.05, 0) is 112 Å². The highest BCUT2D eigenvalue weighted by molar-refractivity contribution is 7.11. The Morgan fingerprint density at radius 2 is 1.80 bits per heavy atom. The van der Waals surface area contributed by atoms with Crippen LogP contribution in [-0.4, -0.2) is 70.1 Å². The molecule has 4 heterocycles. The van der Waals surface area contributed by atoms with Crippen molar-refractivity contribution in [1.29, 1.82) is 0 Å². The van der Waals surface area contributed by atoms with Crippen molar-refractivity contribution in [2.45, 2.75) is 76.2 Å². The van der Waals surface area contributed by atoms with Crippen LogP contribution in [0.15, 0.2) is 48.8 Å². The van der Waals surface area contributed by atoms with Gasteiger partial charge in [-0.15, -0.1) is 11.3 Å². The third kappa shape index (κ3) is 8.21. The van der Waals surface area contributed by atoms with Crippen LogP contribution in [0, 0.1) is 11.7 Å². The quantitative estimate of drug-likeness (QED) is 0.318. The van der Waals surface area contributed by atoms with Crippen LogP contribution in [0.3, 0.4) is 0 Å². The zero-order valence-corrected chi connectivity index (χ0v) is 25.2. The number of benzene rings is 1. The number of likely N-dealkylation sites (tertiary alicyclic amines) is 2. The van der Waals surface area contributed by atoms with E-state index in [-0.39, 0.29) is 17.8 Å². The molecular formula is C33H43FN4O2S. The van der Waals surface area contributed by atoms with Crippen LogP contribution in [0.2, 0.25) is 0 Å². The average Bonchev–Trinajstić information content (AvgIpc) is 3.50. The van der Waals surface area contributed by atoms with Crippen molar-refractivity contribution in [3.05, 3.63) is 81.3 Å². The van der Waals surface area contributed by atoms with Gasteiger partial charge in [0.15, 0.2) is 0 Å². The van der Waals surface area contributed by atoms with E-state index in [1.807, 2.05) is 29.8 Å². The molecule has 2 aromatic heterocycles. The van der Waals surface area contributed by atoms with Gasteiger partial charge in [-0.1, -0.05) is 31.9 Å². The fourth-order valence-electron chi connectivity index (χ4n) is 6.19. The molecule has 8 heteroatoms. The number of carboxylic acid groups (broad SMARTS) is 1. The molecule has 0 radical (unpaired) electrons. The Morgan fingerprint density at radius 1 is 1.07 bits per heavy atom. The molecule has 1 aromatic carbocycles. The molecule has 6 nitrogen and oxygen atoms in total. The first kappa shape index (κ1) is 29.8. The van der Waals surface area contributed by atoms with Crippen molar-refractivity contribution in [3.63, 3.8) is 0 Å². The minimum Gasteiger partial charge on any atom is -0.480 e. The summed E-state index contributed by atoms with van der Waals surface area (Å²) in [6.45, 7) is 6.18. The standard InChI is InChI=1S/C17H23N3S.C16H20FNO2/c1-3-15-17(14-6-10-20(2)11-7-14)21-16(19-15)12-13-4-8-18-9-5-13;17-14-3-1-2-12(9-14)13-6-7-18(10-13)15(16(19)20)8-11-4-5-11/h4-5,8-9,14H,3,6-7,10-12H2,1-2H3;1-3,9,11,13,15H,4-8,10H2,(H,19,20). The van der Waals surface area contributed by atoms with Crippen molar-refractivity contribution in [2.75, 3.05) is 33.2 Å². The summed E-state index contributed by atoms with van der Waals surface area (Å²) in [5.41, 5.74) is 3.62. The molecule has 3 aliphatic rings. The van der Waals surface area contributed by atoms with Crippen LogP contribution in [0.5, 0.6) is 0 Å². The highest BCUT2D eigenvalue weighted by Gasteiger charge is 2.37. The number of halogens is 1. The van der Waals surface area contributed by atoms with E-state index in [0.717, 1.165) is 50.3 Å². The van der Waals surface area contributed by atoms with Crippen LogP contribution in [0.25, 0.3) is 0 Å². The van der Waals surface area contributed by atoms with Gasteiger partial charge in [0.2, 0.25) is 0 Å². The molecule has 3 aromatic rings. The number of carbonyl (C=O) groups is 1. The number of aromatic nitrogens is 2. The van der Waals surface area contributed by atoms with Crippen LogP contribution < -0.4 is 0 Å². The van der Waals surface area contributed by atoms with E-state index in [2.05, 4.69) is 40.9 Å². The molecule has 0 spiro atoms. The lowest BCUT2D eigenvalue weighted by molar-refractivity contribution is -0.143. The van der Waals surface area contributed by atoms with Gasteiger partial charge in [-0.2, -0.15) is 0 Å². The Morgan fingerprint density at radius 3 is 2.46 bits per heavy atom. The maximum absolute atomic E-state index is 13.3. The number of piperidine rings is 1. The first-order chi connectivity index (χ1) is 19.9. The Kier molecular flexibility index (Phi) is 10.2. The largest absolute Gasteiger partial charge is 0.480 e. The molecule has 2 unspecified atom stereocenters. The lowest BCUT2D eigenvalue weighted by Crippen LogP contribution is -2.40. The number of pyridine rings is 1. The van der Waals surface area contributed by atoms with Crippen LogP contribution in [0.4, 0.5) is 4.39 Å². The SMILES string of the molecule is CCc1nc(Cc2ccncc2)sc1C1CCN(C)CC1.O=C(O)C(CC1CC1)N1CCC(c2cccc(F)c2)C1. The molecule has 1 saturated carbocycles. The van der Waals surface area contributed by atoms with Gasteiger partial charge in [-0.25, -0.2) is 9.37 Å². The lowest BCUT2D eigenvalue weighted by atomic mass is 9.94. The molecule has 0 amide bonds. The van der Waals surface area contributed by atoms with Crippen LogP contribution in [0.1, 0.15) is 84.0 Å². The molecule has 1 aliphatic carbocycles. The van der Waals surface area contributed by atoms with E-state index in [0.29, 0.717) is 5.92 Å². The molecule has 2 saturated heterocycles. The zero-order chi connectivity index (χ0) is 28.8. The van der Waals surface area contributed by atoms with Crippen molar-refractivity contribution in [2.24, 2.45) is 5.92 Å². The summed E-state index contributed by atoms with van der Waals surface area (Å²) in [6, 6.07) is 10.5. The third-order valence-electron chi connectivity index (χ3n) is 8.82. The van der Waals surface area contributed by atoms with Gasteiger partial charge in [-0.3, -0.25) is 14.7 Å².